The molecule has 15 heavy (non-hydrogen) atoms. The number of rotatable bonds is 2. The summed E-state index contributed by atoms with van der Waals surface area (Å²) in [5.41, 5.74) is 6.80. The first-order valence-electron chi connectivity index (χ1n) is 5.02. The van der Waals surface area contributed by atoms with E-state index in [1.165, 1.54) is 12.1 Å². The summed E-state index contributed by atoms with van der Waals surface area (Å²) >= 11 is 0. The number of benzene rings is 1. The van der Waals surface area contributed by atoms with Crippen molar-refractivity contribution in [3.05, 3.63) is 29.6 Å². The molecule has 0 amide bonds. The van der Waals surface area contributed by atoms with Crippen LogP contribution in [0.5, 0.6) is 5.75 Å². The topological polar surface area (TPSA) is 47.3 Å². The normalized spacial score (nSPS) is 25.5. The Labute approximate surface area is 88.4 Å². The Morgan fingerprint density at radius 2 is 2.27 bits per heavy atom. The maximum absolute atomic E-state index is 13.1. The lowest BCUT2D eigenvalue weighted by molar-refractivity contribution is 0.403. The fourth-order valence-corrected chi connectivity index (χ4v) is 2.03. The second-order valence-corrected chi connectivity index (χ2v) is 3.81. The van der Waals surface area contributed by atoms with Crippen molar-refractivity contribution in [1.82, 2.24) is 5.32 Å². The molecule has 0 aliphatic carbocycles. The number of halogens is 1. The van der Waals surface area contributed by atoms with Crippen LogP contribution in [-0.4, -0.2) is 26.2 Å². The summed E-state index contributed by atoms with van der Waals surface area (Å²) in [5, 5.41) is 3.19. The second kappa shape index (κ2) is 4.16. The van der Waals surface area contributed by atoms with Crippen molar-refractivity contribution in [2.24, 2.45) is 5.73 Å². The Balaban J connectivity index is 2.36. The van der Waals surface area contributed by atoms with Crippen LogP contribution in [0, 0.1) is 5.82 Å². The molecule has 3 nitrogen and oxygen atoms in total. The van der Waals surface area contributed by atoms with Crippen molar-refractivity contribution < 1.29 is 9.13 Å². The molecule has 2 unspecified atom stereocenters. The highest BCUT2D eigenvalue weighted by molar-refractivity contribution is 5.38. The van der Waals surface area contributed by atoms with Gasteiger partial charge in [0.1, 0.15) is 11.6 Å². The average molecular weight is 210 g/mol. The Bertz CT molecular complexity index is 356. The molecule has 2 atom stereocenters. The van der Waals surface area contributed by atoms with Crippen LogP contribution in [0.15, 0.2) is 18.2 Å². The van der Waals surface area contributed by atoms with E-state index in [2.05, 4.69) is 5.32 Å². The third-order valence-corrected chi connectivity index (χ3v) is 2.85. The minimum absolute atomic E-state index is 0.0284. The van der Waals surface area contributed by atoms with Crippen molar-refractivity contribution in [3.63, 3.8) is 0 Å². The summed E-state index contributed by atoms with van der Waals surface area (Å²) in [5.74, 6) is 0.598. The Hall–Kier alpha value is -1.13. The van der Waals surface area contributed by atoms with Crippen LogP contribution in [0.1, 0.15) is 11.5 Å². The van der Waals surface area contributed by atoms with Crippen molar-refractivity contribution in [2.75, 3.05) is 20.2 Å². The summed E-state index contributed by atoms with van der Waals surface area (Å²) in [4.78, 5) is 0. The molecule has 0 bridgehead atoms. The molecule has 0 saturated carbocycles. The number of nitrogens with one attached hydrogen (secondary N) is 1. The standard InChI is InChI=1S/C11H15FN2O/c1-15-11-3-2-7(12)4-8(11)9-5-14-6-10(9)13/h2-4,9-10,14H,5-6,13H2,1H3. The van der Waals surface area contributed by atoms with Crippen molar-refractivity contribution in [3.8, 4) is 5.75 Å². The van der Waals surface area contributed by atoms with E-state index in [9.17, 15) is 4.39 Å². The number of hydrogen-bond acceptors (Lipinski definition) is 3. The third kappa shape index (κ3) is 1.96. The molecule has 0 spiro atoms. The molecule has 2 rings (SSSR count). The monoisotopic (exact) mass is 210 g/mol. The van der Waals surface area contributed by atoms with E-state index in [1.807, 2.05) is 0 Å². The van der Waals surface area contributed by atoms with Gasteiger partial charge in [0.25, 0.3) is 0 Å². The van der Waals surface area contributed by atoms with Crippen LogP contribution in [-0.2, 0) is 0 Å². The molecule has 1 aromatic carbocycles. The number of hydrogen-bond donors (Lipinski definition) is 2. The fraction of sp³-hybridized carbons (Fsp3) is 0.455. The third-order valence-electron chi connectivity index (χ3n) is 2.85. The predicted octanol–water partition coefficient (Wildman–Crippen LogP) is 0.848. The molecule has 1 aliphatic heterocycles. The molecule has 1 heterocycles. The van der Waals surface area contributed by atoms with Gasteiger partial charge in [-0.05, 0) is 18.2 Å². The number of ether oxygens (including phenoxy) is 1. The van der Waals surface area contributed by atoms with Gasteiger partial charge in [0.05, 0.1) is 7.11 Å². The minimum atomic E-state index is -0.245. The first kappa shape index (κ1) is 10.4. The van der Waals surface area contributed by atoms with Crippen LogP contribution < -0.4 is 15.8 Å². The molecule has 82 valence electrons. The lowest BCUT2D eigenvalue weighted by atomic mass is 9.94. The van der Waals surface area contributed by atoms with Gasteiger partial charge >= 0.3 is 0 Å². The van der Waals surface area contributed by atoms with Gasteiger partial charge in [0, 0.05) is 30.6 Å². The van der Waals surface area contributed by atoms with E-state index in [0.29, 0.717) is 5.75 Å². The zero-order chi connectivity index (χ0) is 10.8. The van der Waals surface area contributed by atoms with Gasteiger partial charge in [-0.3, -0.25) is 0 Å². The Morgan fingerprint density at radius 1 is 1.47 bits per heavy atom. The van der Waals surface area contributed by atoms with Crippen molar-refractivity contribution in [2.45, 2.75) is 12.0 Å². The summed E-state index contributed by atoms with van der Waals surface area (Å²) in [6, 6.07) is 4.59. The lowest BCUT2D eigenvalue weighted by Gasteiger charge is -2.17. The molecule has 1 aliphatic rings. The van der Waals surface area contributed by atoms with E-state index in [4.69, 9.17) is 10.5 Å². The highest BCUT2D eigenvalue weighted by Crippen LogP contribution is 2.30. The van der Waals surface area contributed by atoms with Crippen molar-refractivity contribution >= 4 is 0 Å². The summed E-state index contributed by atoms with van der Waals surface area (Å²) in [6.45, 7) is 1.55. The zero-order valence-corrected chi connectivity index (χ0v) is 8.66. The zero-order valence-electron chi connectivity index (χ0n) is 8.66. The van der Waals surface area contributed by atoms with Gasteiger partial charge in [-0.2, -0.15) is 0 Å². The van der Waals surface area contributed by atoms with Gasteiger partial charge in [-0.15, -0.1) is 0 Å². The van der Waals surface area contributed by atoms with Crippen LogP contribution in [0.25, 0.3) is 0 Å². The number of methoxy groups -OCH3 is 1. The van der Waals surface area contributed by atoms with Gasteiger partial charge < -0.3 is 15.8 Å². The van der Waals surface area contributed by atoms with Crippen LogP contribution in [0.2, 0.25) is 0 Å². The van der Waals surface area contributed by atoms with Gasteiger partial charge in [-0.25, -0.2) is 4.39 Å². The molecular weight excluding hydrogens is 195 g/mol. The highest BCUT2D eigenvalue weighted by atomic mass is 19.1. The fourth-order valence-electron chi connectivity index (χ4n) is 2.03. The molecule has 1 saturated heterocycles. The summed E-state index contributed by atoms with van der Waals surface area (Å²) in [6.07, 6.45) is 0. The molecule has 1 aromatic rings. The molecule has 4 heteroatoms. The van der Waals surface area contributed by atoms with Gasteiger partial charge in [0.15, 0.2) is 0 Å². The number of nitrogens with two attached hydrogens (primary N) is 1. The lowest BCUT2D eigenvalue weighted by Crippen LogP contribution is -2.27. The van der Waals surface area contributed by atoms with Crippen LogP contribution in [0.3, 0.4) is 0 Å². The molecule has 0 radical (unpaired) electrons. The van der Waals surface area contributed by atoms with E-state index >= 15 is 0 Å². The summed E-state index contributed by atoms with van der Waals surface area (Å²) in [7, 11) is 1.59. The quantitative estimate of drug-likeness (QED) is 0.760. The summed E-state index contributed by atoms with van der Waals surface area (Å²) < 4.78 is 18.4. The largest absolute Gasteiger partial charge is 0.496 e. The van der Waals surface area contributed by atoms with Crippen LogP contribution >= 0.6 is 0 Å². The second-order valence-electron chi connectivity index (χ2n) is 3.81. The smallest absolute Gasteiger partial charge is 0.123 e. The SMILES string of the molecule is COc1ccc(F)cc1C1CNCC1N. The Morgan fingerprint density at radius 3 is 2.87 bits per heavy atom. The average Bonchev–Trinajstić information content (AvgIpc) is 2.64. The van der Waals surface area contributed by atoms with Gasteiger partial charge in [-0.1, -0.05) is 0 Å². The van der Waals surface area contributed by atoms with Crippen LogP contribution in [0.4, 0.5) is 4.39 Å². The maximum Gasteiger partial charge on any atom is 0.123 e. The van der Waals surface area contributed by atoms with E-state index in [0.717, 1.165) is 18.7 Å². The molecule has 3 N–H and O–H groups in total. The maximum atomic E-state index is 13.1. The first-order valence-corrected chi connectivity index (χ1v) is 5.02. The van der Waals surface area contributed by atoms with E-state index in [-0.39, 0.29) is 17.8 Å². The van der Waals surface area contributed by atoms with Crippen molar-refractivity contribution in [1.29, 1.82) is 0 Å². The Kier molecular flexibility index (Phi) is 2.88. The van der Waals surface area contributed by atoms with E-state index < -0.39 is 0 Å². The molecule has 1 fully saturated rings. The van der Waals surface area contributed by atoms with Gasteiger partial charge in [0.2, 0.25) is 0 Å². The van der Waals surface area contributed by atoms with E-state index in [1.54, 1.807) is 13.2 Å². The predicted molar refractivity (Wildman–Crippen MR) is 56.5 cm³/mol. The minimum Gasteiger partial charge on any atom is -0.496 e. The molecular formula is C11H15FN2O. The highest BCUT2D eigenvalue weighted by Gasteiger charge is 2.27. The molecule has 0 aromatic heterocycles. The first-order chi connectivity index (χ1) is 7.22.